The van der Waals surface area contributed by atoms with Crippen molar-refractivity contribution in [3.8, 4) is 5.75 Å². The van der Waals surface area contributed by atoms with E-state index in [0.717, 1.165) is 75.2 Å². The quantitative estimate of drug-likeness (QED) is 0.820. The van der Waals surface area contributed by atoms with Crippen LogP contribution in [0.5, 0.6) is 5.75 Å². The van der Waals surface area contributed by atoms with Crippen LogP contribution >= 0.6 is 11.6 Å². The highest BCUT2D eigenvalue weighted by Crippen LogP contribution is 2.34. The van der Waals surface area contributed by atoms with E-state index in [2.05, 4.69) is 34.0 Å². The molecule has 6 nitrogen and oxygen atoms in total. The van der Waals surface area contributed by atoms with Crippen molar-refractivity contribution in [1.29, 1.82) is 0 Å². The number of aromatic nitrogens is 2. The average molecular weight is 391 g/mol. The highest BCUT2D eigenvalue weighted by Gasteiger charge is 2.20. The Hall–Kier alpha value is -1.76. The van der Waals surface area contributed by atoms with Gasteiger partial charge in [-0.05, 0) is 18.6 Å². The second kappa shape index (κ2) is 8.50. The van der Waals surface area contributed by atoms with E-state index < -0.39 is 0 Å². The van der Waals surface area contributed by atoms with Crippen molar-refractivity contribution in [2.45, 2.75) is 25.8 Å². The van der Waals surface area contributed by atoms with Gasteiger partial charge in [0.1, 0.15) is 18.2 Å². The molecule has 1 N–H and O–H groups in total. The van der Waals surface area contributed by atoms with Crippen molar-refractivity contribution < 1.29 is 9.47 Å². The van der Waals surface area contributed by atoms with Gasteiger partial charge in [-0.2, -0.15) is 5.10 Å². The van der Waals surface area contributed by atoms with Gasteiger partial charge in [0.25, 0.3) is 0 Å². The van der Waals surface area contributed by atoms with E-state index in [1.807, 2.05) is 12.1 Å². The van der Waals surface area contributed by atoms with Crippen LogP contribution in [0.1, 0.15) is 30.5 Å². The molecule has 4 rings (SSSR count). The lowest BCUT2D eigenvalue weighted by molar-refractivity contribution is 0.0322. The number of rotatable bonds is 6. The summed E-state index contributed by atoms with van der Waals surface area (Å²) in [5.74, 6) is 2.09. The Labute approximate surface area is 165 Å². The fraction of sp³-hybridized carbons (Fsp3) is 0.550. The number of aryl methyl sites for hydroxylation is 1. The van der Waals surface area contributed by atoms with Gasteiger partial charge in [-0.15, -0.1) is 0 Å². The average Bonchev–Trinajstić information content (AvgIpc) is 3.13. The molecule has 1 saturated heterocycles. The van der Waals surface area contributed by atoms with Gasteiger partial charge in [-0.3, -0.25) is 4.90 Å². The molecule has 7 heteroatoms. The minimum Gasteiger partial charge on any atom is -0.492 e. The predicted molar refractivity (Wildman–Crippen MR) is 107 cm³/mol. The Morgan fingerprint density at radius 1 is 1.26 bits per heavy atom. The van der Waals surface area contributed by atoms with E-state index in [1.165, 1.54) is 0 Å². The van der Waals surface area contributed by atoms with E-state index in [-0.39, 0.29) is 5.92 Å². The number of hydrogen-bond acceptors (Lipinski definition) is 5. The molecule has 2 aliphatic heterocycles. The van der Waals surface area contributed by atoms with Gasteiger partial charge < -0.3 is 14.8 Å². The van der Waals surface area contributed by atoms with Gasteiger partial charge >= 0.3 is 0 Å². The fourth-order valence-corrected chi connectivity index (χ4v) is 3.83. The molecule has 2 aliphatic rings. The molecule has 1 unspecified atom stereocenters. The Kier molecular flexibility index (Phi) is 5.86. The molecule has 27 heavy (non-hydrogen) atoms. The molecule has 0 amide bonds. The standard InChI is InChI=1S/C20H27ClN4O2/c1-15(18-14-20-22-5-2-6-25(20)23-18)17-4-3-16(21)13-19(17)27-12-9-24-7-10-26-11-8-24/h3-4,13-15,22H,2,5-12H2,1H3. The number of benzene rings is 1. The molecular formula is C20H27ClN4O2. The van der Waals surface area contributed by atoms with Crippen molar-refractivity contribution in [1.82, 2.24) is 14.7 Å². The lowest BCUT2D eigenvalue weighted by Gasteiger charge is -2.26. The van der Waals surface area contributed by atoms with Crippen LogP contribution in [0.25, 0.3) is 0 Å². The van der Waals surface area contributed by atoms with Gasteiger partial charge in [0, 0.05) is 55.3 Å². The smallest absolute Gasteiger partial charge is 0.124 e. The lowest BCUT2D eigenvalue weighted by atomic mass is 9.97. The van der Waals surface area contributed by atoms with Crippen LogP contribution in [0.2, 0.25) is 5.02 Å². The van der Waals surface area contributed by atoms with E-state index in [1.54, 1.807) is 0 Å². The topological polar surface area (TPSA) is 51.5 Å². The summed E-state index contributed by atoms with van der Waals surface area (Å²) < 4.78 is 13.6. The third-order valence-corrected chi connectivity index (χ3v) is 5.54. The van der Waals surface area contributed by atoms with Crippen molar-refractivity contribution in [2.24, 2.45) is 0 Å². The number of nitrogens with zero attached hydrogens (tertiary/aromatic N) is 3. The van der Waals surface area contributed by atoms with Crippen LogP contribution < -0.4 is 10.1 Å². The summed E-state index contributed by atoms with van der Waals surface area (Å²) >= 11 is 6.24. The molecule has 0 bridgehead atoms. The van der Waals surface area contributed by atoms with Crippen LogP contribution in [0.15, 0.2) is 24.3 Å². The first kappa shape index (κ1) is 18.6. The van der Waals surface area contributed by atoms with Crippen LogP contribution in [-0.4, -0.2) is 60.7 Å². The third-order valence-electron chi connectivity index (χ3n) is 5.31. The van der Waals surface area contributed by atoms with Crippen molar-refractivity contribution in [3.05, 3.63) is 40.5 Å². The SMILES string of the molecule is CC(c1cc2n(n1)CCCN2)c1ccc(Cl)cc1OCCN1CCOCC1. The number of anilines is 1. The molecule has 1 aromatic heterocycles. The molecule has 146 valence electrons. The van der Waals surface area contributed by atoms with Crippen LogP contribution in [-0.2, 0) is 11.3 Å². The maximum atomic E-state index is 6.24. The summed E-state index contributed by atoms with van der Waals surface area (Å²) in [5.41, 5.74) is 2.18. The third kappa shape index (κ3) is 4.39. The van der Waals surface area contributed by atoms with Crippen LogP contribution in [0, 0.1) is 0 Å². The molecule has 2 aromatic rings. The minimum atomic E-state index is 0.139. The Balaban J connectivity index is 1.47. The van der Waals surface area contributed by atoms with E-state index in [9.17, 15) is 0 Å². The summed E-state index contributed by atoms with van der Waals surface area (Å²) in [6.07, 6.45) is 1.11. The molecule has 0 spiro atoms. The number of ether oxygens (including phenoxy) is 2. The first-order valence-corrected chi connectivity index (χ1v) is 10.1. The maximum absolute atomic E-state index is 6.24. The summed E-state index contributed by atoms with van der Waals surface area (Å²) in [7, 11) is 0. The van der Waals surface area contributed by atoms with E-state index >= 15 is 0 Å². The number of hydrogen-bond donors (Lipinski definition) is 1. The molecule has 1 aromatic carbocycles. The molecule has 0 saturated carbocycles. The highest BCUT2D eigenvalue weighted by atomic mass is 35.5. The van der Waals surface area contributed by atoms with Gasteiger partial charge in [-0.25, -0.2) is 4.68 Å². The van der Waals surface area contributed by atoms with Crippen molar-refractivity contribution >= 4 is 17.4 Å². The van der Waals surface area contributed by atoms with Gasteiger partial charge in [0.05, 0.1) is 18.9 Å². The zero-order chi connectivity index (χ0) is 18.6. The highest BCUT2D eigenvalue weighted by molar-refractivity contribution is 6.30. The summed E-state index contributed by atoms with van der Waals surface area (Å²) in [6.45, 7) is 9.23. The number of halogens is 1. The Morgan fingerprint density at radius 3 is 2.93 bits per heavy atom. The van der Waals surface area contributed by atoms with E-state index in [0.29, 0.717) is 11.6 Å². The zero-order valence-electron chi connectivity index (χ0n) is 15.8. The maximum Gasteiger partial charge on any atom is 0.124 e. The van der Waals surface area contributed by atoms with Crippen molar-refractivity contribution in [2.75, 3.05) is 51.3 Å². The molecule has 3 heterocycles. The Bertz CT molecular complexity index is 750. The fourth-order valence-electron chi connectivity index (χ4n) is 3.67. The number of fused-ring (bicyclic) bond motifs is 1. The number of nitrogens with one attached hydrogen (secondary N) is 1. The lowest BCUT2D eigenvalue weighted by Crippen LogP contribution is -2.38. The first-order chi connectivity index (χ1) is 13.2. The molecule has 0 radical (unpaired) electrons. The largest absolute Gasteiger partial charge is 0.492 e. The van der Waals surface area contributed by atoms with Crippen molar-refractivity contribution in [3.63, 3.8) is 0 Å². The first-order valence-electron chi connectivity index (χ1n) is 9.74. The van der Waals surface area contributed by atoms with Gasteiger partial charge in [-0.1, -0.05) is 24.6 Å². The second-order valence-corrected chi connectivity index (χ2v) is 7.60. The molecule has 1 fully saturated rings. The molecule has 1 atom stereocenters. The zero-order valence-corrected chi connectivity index (χ0v) is 16.5. The second-order valence-electron chi connectivity index (χ2n) is 7.16. The minimum absolute atomic E-state index is 0.139. The number of morpholine rings is 1. The van der Waals surface area contributed by atoms with Gasteiger partial charge in [0.2, 0.25) is 0 Å². The van der Waals surface area contributed by atoms with Crippen LogP contribution in [0.4, 0.5) is 5.82 Å². The summed E-state index contributed by atoms with van der Waals surface area (Å²) in [4.78, 5) is 2.37. The monoisotopic (exact) mass is 390 g/mol. The van der Waals surface area contributed by atoms with Gasteiger partial charge in [0.15, 0.2) is 0 Å². The molecule has 0 aliphatic carbocycles. The predicted octanol–water partition coefficient (Wildman–Crippen LogP) is 3.21. The van der Waals surface area contributed by atoms with Crippen LogP contribution in [0.3, 0.4) is 0 Å². The Morgan fingerprint density at radius 2 is 2.11 bits per heavy atom. The molecular weight excluding hydrogens is 364 g/mol. The summed E-state index contributed by atoms with van der Waals surface area (Å²) in [5, 5.41) is 8.90. The van der Waals surface area contributed by atoms with E-state index in [4.69, 9.17) is 26.2 Å². The summed E-state index contributed by atoms with van der Waals surface area (Å²) in [6, 6.07) is 8.05. The normalized spacial score (nSPS) is 18.6.